The number of carbonyl (C=O) groups excluding carboxylic acids is 1. The molecule has 4 bridgehead atoms. The Labute approximate surface area is 180 Å². The van der Waals surface area contributed by atoms with E-state index in [0.29, 0.717) is 12.3 Å². The number of benzene rings is 1. The van der Waals surface area contributed by atoms with Crippen LogP contribution in [-0.4, -0.2) is 31.7 Å². The standard InChI is InChI=1S/C26H37FN2O/c1-23(2)18-28-11-8-21(23)29-22(30)26-14-19-12-24(16-26,9-10-27)15-25(13-19,17-26)20-6-4-3-5-7-20/h3-7,19,21,28H,8-18H2,1-2H3,(H,29,30)/t19?,21?,24-,25-,26?/m1/s1. The third-order valence-corrected chi connectivity index (χ3v) is 9.12. The van der Waals surface area contributed by atoms with Crippen LogP contribution in [0.2, 0.25) is 0 Å². The summed E-state index contributed by atoms with van der Waals surface area (Å²) in [4.78, 5) is 13.9. The second-order valence-corrected chi connectivity index (χ2v) is 11.9. The number of piperidine rings is 1. The summed E-state index contributed by atoms with van der Waals surface area (Å²) in [5, 5.41) is 6.99. The maximum atomic E-state index is 13.9. The quantitative estimate of drug-likeness (QED) is 0.732. The molecule has 5 fully saturated rings. The Balaban J connectivity index is 1.49. The molecule has 0 spiro atoms. The number of nitrogens with one attached hydrogen (secondary N) is 2. The third kappa shape index (κ3) is 3.21. The van der Waals surface area contributed by atoms with E-state index in [4.69, 9.17) is 0 Å². The van der Waals surface area contributed by atoms with Gasteiger partial charge >= 0.3 is 0 Å². The average molecular weight is 413 g/mol. The molecule has 2 N–H and O–H groups in total. The number of alkyl halides is 1. The SMILES string of the molecule is CC1(C)CNCCC1NC(=O)C12CC3C[C@@](CCF)(C1)C[C@](c1ccccc1)(C3)C2. The fraction of sp³-hybridized carbons (Fsp3) is 0.731. The molecule has 6 rings (SSSR count). The van der Waals surface area contributed by atoms with E-state index in [2.05, 4.69) is 54.8 Å². The van der Waals surface area contributed by atoms with Crippen LogP contribution in [0.3, 0.4) is 0 Å². The highest BCUT2D eigenvalue weighted by atomic mass is 19.1. The fourth-order valence-electron chi connectivity index (χ4n) is 8.23. The summed E-state index contributed by atoms with van der Waals surface area (Å²) in [5.74, 6) is 0.801. The van der Waals surface area contributed by atoms with Gasteiger partial charge in [0.25, 0.3) is 0 Å². The molecule has 30 heavy (non-hydrogen) atoms. The molecule has 4 saturated carbocycles. The lowest BCUT2D eigenvalue weighted by Gasteiger charge is -2.66. The lowest BCUT2D eigenvalue weighted by Crippen LogP contribution is -2.65. The Morgan fingerprint density at radius 2 is 1.93 bits per heavy atom. The Morgan fingerprint density at radius 1 is 1.13 bits per heavy atom. The first-order valence-corrected chi connectivity index (χ1v) is 11.9. The molecule has 3 nitrogen and oxygen atoms in total. The highest BCUT2D eigenvalue weighted by Crippen LogP contribution is 2.71. The van der Waals surface area contributed by atoms with Gasteiger partial charge in [0.2, 0.25) is 5.91 Å². The number of hydrogen-bond acceptors (Lipinski definition) is 2. The van der Waals surface area contributed by atoms with Crippen LogP contribution in [0, 0.1) is 22.2 Å². The molecular weight excluding hydrogens is 375 g/mol. The summed E-state index contributed by atoms with van der Waals surface area (Å²) in [7, 11) is 0. The smallest absolute Gasteiger partial charge is 0.226 e. The maximum absolute atomic E-state index is 13.9. The van der Waals surface area contributed by atoms with Gasteiger partial charge in [0.05, 0.1) is 12.1 Å². The Morgan fingerprint density at radius 3 is 2.67 bits per heavy atom. The minimum absolute atomic E-state index is 0.00894. The predicted molar refractivity (Wildman–Crippen MR) is 118 cm³/mol. The summed E-state index contributed by atoms with van der Waals surface area (Å²) < 4.78 is 13.7. The molecule has 1 saturated heterocycles. The highest BCUT2D eigenvalue weighted by molar-refractivity contribution is 5.84. The first-order valence-electron chi connectivity index (χ1n) is 11.9. The third-order valence-electron chi connectivity index (χ3n) is 9.12. The summed E-state index contributed by atoms with van der Waals surface area (Å²) >= 11 is 0. The highest BCUT2D eigenvalue weighted by Gasteiger charge is 2.65. The first-order chi connectivity index (χ1) is 14.3. The van der Waals surface area contributed by atoms with Crippen molar-refractivity contribution >= 4 is 5.91 Å². The summed E-state index contributed by atoms with van der Waals surface area (Å²) in [6.45, 7) is 6.13. The normalized spacial score (nSPS) is 41.6. The maximum Gasteiger partial charge on any atom is 0.226 e. The summed E-state index contributed by atoms with van der Waals surface area (Å²) in [6, 6.07) is 11.0. The fourth-order valence-corrected chi connectivity index (χ4v) is 8.23. The number of halogens is 1. The molecule has 4 aliphatic carbocycles. The van der Waals surface area contributed by atoms with Gasteiger partial charge in [-0.2, -0.15) is 0 Å². The Hall–Kier alpha value is -1.42. The predicted octanol–water partition coefficient (Wildman–Crippen LogP) is 4.76. The van der Waals surface area contributed by atoms with Crippen LogP contribution in [-0.2, 0) is 10.2 Å². The van der Waals surface area contributed by atoms with Crippen LogP contribution in [0.25, 0.3) is 0 Å². The summed E-state index contributed by atoms with van der Waals surface area (Å²) in [5.41, 5.74) is 1.13. The van der Waals surface area contributed by atoms with E-state index in [1.807, 2.05) is 0 Å². The van der Waals surface area contributed by atoms with Crippen molar-refractivity contribution in [3.63, 3.8) is 0 Å². The minimum atomic E-state index is -0.328. The van der Waals surface area contributed by atoms with E-state index in [0.717, 1.165) is 51.6 Å². The van der Waals surface area contributed by atoms with Gasteiger partial charge in [-0.05, 0) is 85.6 Å². The van der Waals surface area contributed by atoms with Crippen molar-refractivity contribution in [3.05, 3.63) is 35.9 Å². The number of amides is 1. The van der Waals surface area contributed by atoms with Crippen molar-refractivity contribution in [2.45, 2.75) is 76.7 Å². The molecule has 5 aliphatic rings. The van der Waals surface area contributed by atoms with Crippen LogP contribution in [0.4, 0.5) is 4.39 Å². The lowest BCUT2D eigenvalue weighted by molar-refractivity contribution is -0.165. The molecule has 3 unspecified atom stereocenters. The van der Waals surface area contributed by atoms with Gasteiger partial charge < -0.3 is 10.6 Å². The molecule has 164 valence electrons. The average Bonchev–Trinajstić information content (AvgIpc) is 2.69. The monoisotopic (exact) mass is 412 g/mol. The van der Waals surface area contributed by atoms with E-state index in [1.54, 1.807) is 0 Å². The zero-order valence-electron chi connectivity index (χ0n) is 18.6. The zero-order chi connectivity index (χ0) is 21.0. The topological polar surface area (TPSA) is 41.1 Å². The van der Waals surface area contributed by atoms with E-state index < -0.39 is 0 Å². The van der Waals surface area contributed by atoms with Gasteiger partial charge in [0.15, 0.2) is 0 Å². The zero-order valence-corrected chi connectivity index (χ0v) is 18.6. The molecule has 5 atom stereocenters. The number of carbonyl (C=O) groups is 1. The van der Waals surface area contributed by atoms with Gasteiger partial charge in [0.1, 0.15) is 0 Å². The molecular formula is C26H37FN2O. The van der Waals surface area contributed by atoms with Crippen LogP contribution in [0.15, 0.2) is 30.3 Å². The first kappa shape index (κ1) is 20.5. The van der Waals surface area contributed by atoms with Crippen molar-refractivity contribution in [3.8, 4) is 0 Å². The van der Waals surface area contributed by atoms with E-state index in [1.165, 1.54) is 12.0 Å². The van der Waals surface area contributed by atoms with Crippen molar-refractivity contribution in [2.24, 2.45) is 22.2 Å². The van der Waals surface area contributed by atoms with Gasteiger partial charge in [-0.25, -0.2) is 0 Å². The molecule has 1 amide bonds. The summed E-state index contributed by atoms with van der Waals surface area (Å²) in [6.07, 6.45) is 7.74. The molecule has 4 heteroatoms. The van der Waals surface area contributed by atoms with E-state index >= 15 is 0 Å². The van der Waals surface area contributed by atoms with Crippen molar-refractivity contribution in [1.82, 2.24) is 10.6 Å². The minimum Gasteiger partial charge on any atom is -0.352 e. The molecule has 1 aromatic carbocycles. The second kappa shape index (κ2) is 7.05. The van der Waals surface area contributed by atoms with E-state index in [-0.39, 0.29) is 40.3 Å². The Kier molecular flexibility index (Phi) is 4.81. The van der Waals surface area contributed by atoms with Gasteiger partial charge in [-0.1, -0.05) is 44.2 Å². The lowest BCUT2D eigenvalue weighted by atomic mass is 9.38. The molecule has 1 aromatic rings. The van der Waals surface area contributed by atoms with Crippen LogP contribution >= 0.6 is 0 Å². The number of hydrogen-bond donors (Lipinski definition) is 2. The van der Waals surface area contributed by atoms with Gasteiger partial charge in [-0.15, -0.1) is 0 Å². The molecule has 1 heterocycles. The van der Waals surface area contributed by atoms with Crippen molar-refractivity contribution in [2.75, 3.05) is 19.8 Å². The largest absolute Gasteiger partial charge is 0.352 e. The van der Waals surface area contributed by atoms with Crippen molar-refractivity contribution < 1.29 is 9.18 Å². The second-order valence-electron chi connectivity index (χ2n) is 11.9. The number of rotatable bonds is 5. The molecule has 0 aromatic heterocycles. The Bertz CT molecular complexity index is 811. The molecule has 1 aliphatic heterocycles. The van der Waals surface area contributed by atoms with Gasteiger partial charge in [-0.3, -0.25) is 9.18 Å². The van der Waals surface area contributed by atoms with Crippen LogP contribution in [0.5, 0.6) is 0 Å². The van der Waals surface area contributed by atoms with E-state index in [9.17, 15) is 9.18 Å². The van der Waals surface area contributed by atoms with Crippen molar-refractivity contribution in [1.29, 1.82) is 0 Å². The van der Waals surface area contributed by atoms with Crippen LogP contribution < -0.4 is 10.6 Å². The van der Waals surface area contributed by atoms with Crippen LogP contribution in [0.1, 0.15) is 70.8 Å². The molecule has 0 radical (unpaired) electrons. The van der Waals surface area contributed by atoms with Gasteiger partial charge in [0, 0.05) is 12.6 Å².